The fourth-order valence-corrected chi connectivity index (χ4v) is 3.70. The van der Waals surface area contributed by atoms with Gasteiger partial charge in [-0.1, -0.05) is 19.9 Å². The number of carboxylic acid groups (broad SMARTS) is 1. The van der Waals surface area contributed by atoms with Gasteiger partial charge in [0.2, 0.25) is 5.91 Å². The van der Waals surface area contributed by atoms with E-state index in [1.165, 1.54) is 4.88 Å². The molecule has 1 aliphatic heterocycles. The van der Waals surface area contributed by atoms with Gasteiger partial charge in [0.1, 0.15) is 0 Å². The third-order valence-corrected chi connectivity index (χ3v) is 4.68. The number of carboxylic acids is 1. The summed E-state index contributed by atoms with van der Waals surface area (Å²) in [5.74, 6) is -0.772. The molecule has 20 heavy (non-hydrogen) atoms. The second-order valence-electron chi connectivity index (χ2n) is 6.17. The molecule has 0 bridgehead atoms. The van der Waals surface area contributed by atoms with Gasteiger partial charge in [0.05, 0.1) is 12.5 Å². The average molecular weight is 295 g/mol. The Kier molecular flexibility index (Phi) is 4.48. The number of thiophene rings is 1. The van der Waals surface area contributed by atoms with Crippen LogP contribution in [0.4, 0.5) is 0 Å². The zero-order valence-corrected chi connectivity index (χ0v) is 12.8. The van der Waals surface area contributed by atoms with Crippen molar-refractivity contribution in [2.45, 2.75) is 45.6 Å². The summed E-state index contributed by atoms with van der Waals surface area (Å²) >= 11 is 1.68. The SMILES string of the molecule is CC(C)(CC(=O)O)CC(=O)N1CCC[C@@H]1c1cccs1. The lowest BCUT2D eigenvalue weighted by atomic mass is 9.85. The third-order valence-electron chi connectivity index (χ3n) is 3.70. The maximum absolute atomic E-state index is 12.5. The second kappa shape index (κ2) is 5.95. The topological polar surface area (TPSA) is 57.6 Å². The molecule has 0 aliphatic carbocycles. The van der Waals surface area contributed by atoms with Crippen molar-refractivity contribution in [3.8, 4) is 0 Å². The quantitative estimate of drug-likeness (QED) is 0.906. The Morgan fingerprint density at radius 1 is 1.45 bits per heavy atom. The van der Waals surface area contributed by atoms with Crippen molar-refractivity contribution in [1.82, 2.24) is 4.90 Å². The number of nitrogens with zero attached hydrogens (tertiary/aromatic N) is 1. The van der Waals surface area contributed by atoms with Crippen LogP contribution in [0.25, 0.3) is 0 Å². The summed E-state index contributed by atoms with van der Waals surface area (Å²) in [6.07, 6.45) is 2.34. The first-order valence-corrected chi connectivity index (χ1v) is 7.82. The van der Waals surface area contributed by atoms with E-state index >= 15 is 0 Å². The van der Waals surface area contributed by atoms with Crippen molar-refractivity contribution in [1.29, 1.82) is 0 Å². The van der Waals surface area contributed by atoms with Crippen molar-refractivity contribution in [2.24, 2.45) is 5.41 Å². The number of carbonyl (C=O) groups is 2. The van der Waals surface area contributed by atoms with Crippen LogP contribution in [0.2, 0.25) is 0 Å². The maximum atomic E-state index is 12.5. The van der Waals surface area contributed by atoms with E-state index in [1.807, 2.05) is 30.2 Å². The fraction of sp³-hybridized carbons (Fsp3) is 0.600. The smallest absolute Gasteiger partial charge is 0.303 e. The molecule has 1 amide bonds. The molecule has 4 nitrogen and oxygen atoms in total. The fourth-order valence-electron chi connectivity index (χ4n) is 2.82. The van der Waals surface area contributed by atoms with Gasteiger partial charge in [0, 0.05) is 17.8 Å². The summed E-state index contributed by atoms with van der Waals surface area (Å²) < 4.78 is 0. The van der Waals surface area contributed by atoms with Gasteiger partial charge in [0.15, 0.2) is 0 Å². The highest BCUT2D eigenvalue weighted by Gasteiger charge is 2.34. The Bertz CT molecular complexity index is 481. The zero-order chi connectivity index (χ0) is 14.8. The number of rotatable bonds is 5. The van der Waals surface area contributed by atoms with E-state index in [2.05, 4.69) is 6.07 Å². The highest BCUT2D eigenvalue weighted by molar-refractivity contribution is 7.10. The van der Waals surface area contributed by atoms with E-state index in [9.17, 15) is 9.59 Å². The Hall–Kier alpha value is -1.36. The summed E-state index contributed by atoms with van der Waals surface area (Å²) in [7, 11) is 0. The van der Waals surface area contributed by atoms with E-state index in [-0.39, 0.29) is 18.4 Å². The average Bonchev–Trinajstić information content (AvgIpc) is 2.97. The number of aliphatic carboxylic acids is 1. The third kappa shape index (κ3) is 3.60. The number of amides is 1. The molecule has 1 fully saturated rings. The molecule has 1 aliphatic rings. The summed E-state index contributed by atoms with van der Waals surface area (Å²) in [5.41, 5.74) is -0.495. The minimum Gasteiger partial charge on any atom is -0.481 e. The van der Waals surface area contributed by atoms with Crippen LogP contribution in [-0.4, -0.2) is 28.4 Å². The maximum Gasteiger partial charge on any atom is 0.303 e. The van der Waals surface area contributed by atoms with Gasteiger partial charge < -0.3 is 10.0 Å². The van der Waals surface area contributed by atoms with Gasteiger partial charge in [-0.15, -0.1) is 11.3 Å². The van der Waals surface area contributed by atoms with Crippen molar-refractivity contribution in [2.75, 3.05) is 6.54 Å². The minimum absolute atomic E-state index is 0.0241. The largest absolute Gasteiger partial charge is 0.481 e. The molecule has 0 saturated carbocycles. The molecule has 1 aromatic heterocycles. The Labute approximate surface area is 123 Å². The van der Waals surface area contributed by atoms with Crippen LogP contribution >= 0.6 is 11.3 Å². The molecule has 110 valence electrons. The Morgan fingerprint density at radius 2 is 2.20 bits per heavy atom. The highest BCUT2D eigenvalue weighted by atomic mass is 32.1. The zero-order valence-electron chi connectivity index (χ0n) is 12.0. The molecule has 0 radical (unpaired) electrons. The number of hydrogen-bond donors (Lipinski definition) is 1. The lowest BCUT2D eigenvalue weighted by Gasteiger charge is -2.29. The monoisotopic (exact) mass is 295 g/mol. The molecule has 1 atom stereocenters. The lowest BCUT2D eigenvalue weighted by Crippen LogP contribution is -2.34. The summed E-state index contributed by atoms with van der Waals surface area (Å²) in [6.45, 7) is 4.47. The molecule has 1 N–H and O–H groups in total. The normalized spacial score (nSPS) is 19.3. The van der Waals surface area contributed by atoms with Crippen LogP contribution in [0.3, 0.4) is 0 Å². The number of carbonyl (C=O) groups excluding carboxylic acids is 1. The first kappa shape index (κ1) is 15.0. The van der Waals surface area contributed by atoms with E-state index < -0.39 is 11.4 Å². The molecule has 0 spiro atoms. The molecule has 5 heteroatoms. The van der Waals surface area contributed by atoms with Crippen LogP contribution in [0.15, 0.2) is 17.5 Å². The first-order chi connectivity index (χ1) is 9.39. The van der Waals surface area contributed by atoms with Crippen molar-refractivity contribution >= 4 is 23.2 Å². The van der Waals surface area contributed by atoms with Gasteiger partial charge in [-0.3, -0.25) is 9.59 Å². The van der Waals surface area contributed by atoms with Gasteiger partial charge in [-0.2, -0.15) is 0 Å². The number of likely N-dealkylation sites (tertiary alicyclic amines) is 1. The van der Waals surface area contributed by atoms with Crippen LogP contribution in [-0.2, 0) is 9.59 Å². The lowest BCUT2D eigenvalue weighted by molar-refractivity contribution is -0.140. The molecule has 0 aromatic carbocycles. The summed E-state index contributed by atoms with van der Waals surface area (Å²) in [4.78, 5) is 26.5. The Balaban J connectivity index is 2.03. The molecular formula is C15H21NO3S. The summed E-state index contributed by atoms with van der Waals surface area (Å²) in [6, 6.07) is 4.27. The van der Waals surface area contributed by atoms with Gasteiger partial charge in [-0.05, 0) is 29.7 Å². The first-order valence-electron chi connectivity index (χ1n) is 6.94. The van der Waals surface area contributed by atoms with Crippen molar-refractivity contribution in [3.05, 3.63) is 22.4 Å². The van der Waals surface area contributed by atoms with Crippen molar-refractivity contribution < 1.29 is 14.7 Å². The molecule has 2 heterocycles. The van der Waals surface area contributed by atoms with E-state index in [0.29, 0.717) is 6.42 Å². The predicted octanol–water partition coefficient (Wildman–Crippen LogP) is 3.30. The van der Waals surface area contributed by atoms with Crippen LogP contribution < -0.4 is 0 Å². The van der Waals surface area contributed by atoms with Gasteiger partial charge >= 0.3 is 5.97 Å². The van der Waals surface area contributed by atoms with E-state index in [0.717, 1.165) is 19.4 Å². The minimum atomic E-state index is -0.848. The summed E-state index contributed by atoms with van der Waals surface area (Å²) in [5, 5.41) is 10.9. The van der Waals surface area contributed by atoms with Gasteiger partial charge in [0.25, 0.3) is 0 Å². The van der Waals surface area contributed by atoms with Gasteiger partial charge in [-0.25, -0.2) is 0 Å². The van der Waals surface area contributed by atoms with E-state index in [1.54, 1.807) is 11.3 Å². The van der Waals surface area contributed by atoms with Crippen LogP contribution in [0, 0.1) is 5.41 Å². The predicted molar refractivity (Wildman–Crippen MR) is 78.7 cm³/mol. The number of hydrogen-bond acceptors (Lipinski definition) is 3. The molecule has 2 rings (SSSR count). The standard InChI is InChI=1S/C15H21NO3S/c1-15(2,10-14(18)19)9-13(17)16-7-3-5-11(16)12-6-4-8-20-12/h4,6,8,11H,3,5,7,9-10H2,1-2H3,(H,18,19)/t11-/m1/s1. The van der Waals surface area contributed by atoms with Crippen LogP contribution in [0.5, 0.6) is 0 Å². The second-order valence-corrected chi connectivity index (χ2v) is 7.15. The van der Waals surface area contributed by atoms with Crippen molar-refractivity contribution in [3.63, 3.8) is 0 Å². The highest BCUT2D eigenvalue weighted by Crippen LogP contribution is 2.36. The van der Waals surface area contributed by atoms with Crippen LogP contribution in [0.1, 0.15) is 50.4 Å². The van der Waals surface area contributed by atoms with E-state index in [4.69, 9.17) is 5.11 Å². The molecule has 1 saturated heterocycles. The Morgan fingerprint density at radius 3 is 2.80 bits per heavy atom. The molecule has 0 unspecified atom stereocenters. The molecule has 1 aromatic rings. The molecular weight excluding hydrogens is 274 g/mol.